The van der Waals surface area contributed by atoms with Gasteiger partial charge in [0.1, 0.15) is 11.9 Å². The van der Waals surface area contributed by atoms with Gasteiger partial charge in [-0.15, -0.1) is 0 Å². The molecule has 0 fully saturated rings. The SMILES string of the molecule is C=Cc1ncnc(Oc2c(F)cccc2Cl)c1C(=O)C(C)C. The van der Waals surface area contributed by atoms with Gasteiger partial charge in [-0.05, 0) is 18.2 Å². The number of carbonyl (C=O) groups is 1. The number of hydrogen-bond donors (Lipinski definition) is 0. The second-order valence-corrected chi connectivity index (χ2v) is 5.22. The van der Waals surface area contributed by atoms with E-state index in [-0.39, 0.29) is 33.9 Å². The lowest BCUT2D eigenvalue weighted by atomic mass is 10.0. The lowest BCUT2D eigenvalue weighted by molar-refractivity contribution is 0.0935. The maximum absolute atomic E-state index is 13.9. The average Bonchev–Trinajstić information content (AvgIpc) is 2.49. The number of carbonyl (C=O) groups excluding carboxylic acids is 1. The van der Waals surface area contributed by atoms with Crippen LogP contribution < -0.4 is 4.74 Å². The number of ketones is 1. The second-order valence-electron chi connectivity index (χ2n) is 4.81. The minimum Gasteiger partial charge on any atom is -0.433 e. The molecular formula is C16H14ClFN2O2. The minimum atomic E-state index is -0.644. The van der Waals surface area contributed by atoms with E-state index in [1.807, 2.05) is 0 Å². The molecule has 0 bridgehead atoms. The Labute approximate surface area is 132 Å². The summed E-state index contributed by atoms with van der Waals surface area (Å²) in [6, 6.07) is 4.15. The summed E-state index contributed by atoms with van der Waals surface area (Å²) in [4.78, 5) is 20.3. The summed E-state index contributed by atoms with van der Waals surface area (Å²) in [5, 5.41) is 0.0849. The van der Waals surface area contributed by atoms with Crippen molar-refractivity contribution in [1.82, 2.24) is 9.97 Å². The lowest BCUT2D eigenvalue weighted by Crippen LogP contribution is -2.13. The highest BCUT2D eigenvalue weighted by Crippen LogP contribution is 2.33. The smallest absolute Gasteiger partial charge is 0.234 e. The zero-order valence-corrected chi connectivity index (χ0v) is 12.9. The topological polar surface area (TPSA) is 52.1 Å². The Bertz CT molecular complexity index is 712. The molecule has 114 valence electrons. The van der Waals surface area contributed by atoms with Crippen LogP contribution in [0.2, 0.25) is 5.02 Å². The van der Waals surface area contributed by atoms with Gasteiger partial charge in [-0.2, -0.15) is 0 Å². The summed E-state index contributed by atoms with van der Waals surface area (Å²) in [5.41, 5.74) is 0.489. The average molecular weight is 321 g/mol. The van der Waals surface area contributed by atoms with Gasteiger partial charge in [0.05, 0.1) is 10.7 Å². The first-order chi connectivity index (χ1) is 10.5. The Morgan fingerprint density at radius 2 is 2.14 bits per heavy atom. The van der Waals surface area contributed by atoms with Gasteiger partial charge in [-0.25, -0.2) is 14.4 Å². The molecule has 1 aromatic carbocycles. The van der Waals surface area contributed by atoms with Crippen molar-refractivity contribution >= 4 is 23.5 Å². The molecule has 2 aromatic rings. The van der Waals surface area contributed by atoms with E-state index in [2.05, 4.69) is 16.5 Å². The van der Waals surface area contributed by atoms with Gasteiger partial charge in [0.25, 0.3) is 0 Å². The van der Waals surface area contributed by atoms with E-state index in [0.29, 0.717) is 5.69 Å². The van der Waals surface area contributed by atoms with Crippen molar-refractivity contribution in [2.45, 2.75) is 13.8 Å². The fourth-order valence-electron chi connectivity index (χ4n) is 1.81. The maximum atomic E-state index is 13.9. The third kappa shape index (κ3) is 3.14. The van der Waals surface area contributed by atoms with Crippen LogP contribution >= 0.6 is 11.6 Å². The molecule has 0 saturated heterocycles. The number of para-hydroxylation sites is 1. The number of hydrogen-bond acceptors (Lipinski definition) is 4. The van der Waals surface area contributed by atoms with Crippen molar-refractivity contribution in [2.75, 3.05) is 0 Å². The van der Waals surface area contributed by atoms with Gasteiger partial charge in [-0.3, -0.25) is 4.79 Å². The van der Waals surface area contributed by atoms with Gasteiger partial charge in [0, 0.05) is 5.92 Å². The highest BCUT2D eigenvalue weighted by atomic mass is 35.5. The molecule has 0 amide bonds. The van der Waals surface area contributed by atoms with E-state index in [9.17, 15) is 9.18 Å². The molecule has 0 N–H and O–H groups in total. The van der Waals surface area contributed by atoms with Crippen molar-refractivity contribution in [3.05, 3.63) is 53.2 Å². The predicted octanol–water partition coefficient (Wildman–Crippen LogP) is 4.54. The van der Waals surface area contributed by atoms with Crippen molar-refractivity contribution in [1.29, 1.82) is 0 Å². The molecule has 22 heavy (non-hydrogen) atoms. The largest absolute Gasteiger partial charge is 0.433 e. The molecule has 0 aliphatic rings. The molecule has 1 aromatic heterocycles. The van der Waals surface area contributed by atoms with E-state index in [1.54, 1.807) is 13.8 Å². The number of Topliss-reactive ketones (excluding diaryl/α,β-unsaturated/α-hetero) is 1. The molecule has 1 heterocycles. The Kier molecular flexibility index (Phi) is 4.88. The van der Waals surface area contributed by atoms with Crippen LogP contribution in [0, 0.1) is 11.7 Å². The molecule has 2 rings (SSSR count). The lowest BCUT2D eigenvalue weighted by Gasteiger charge is -2.13. The van der Waals surface area contributed by atoms with Gasteiger partial charge >= 0.3 is 0 Å². The van der Waals surface area contributed by atoms with Crippen molar-refractivity contribution in [3.63, 3.8) is 0 Å². The van der Waals surface area contributed by atoms with E-state index < -0.39 is 5.82 Å². The maximum Gasteiger partial charge on any atom is 0.234 e. The summed E-state index contributed by atoms with van der Waals surface area (Å²) < 4.78 is 19.3. The van der Waals surface area contributed by atoms with E-state index >= 15 is 0 Å². The molecule has 0 saturated carbocycles. The first-order valence-corrected chi connectivity index (χ1v) is 6.97. The van der Waals surface area contributed by atoms with Crippen LogP contribution in [0.4, 0.5) is 4.39 Å². The highest BCUT2D eigenvalue weighted by Gasteiger charge is 2.23. The molecule has 0 radical (unpaired) electrons. The Hall–Kier alpha value is -2.27. The third-order valence-corrected chi connectivity index (χ3v) is 3.22. The number of rotatable bonds is 5. The van der Waals surface area contributed by atoms with Crippen LogP contribution in [-0.2, 0) is 0 Å². The van der Waals surface area contributed by atoms with Crippen LogP contribution in [0.15, 0.2) is 31.1 Å². The molecule has 0 unspecified atom stereocenters. The van der Waals surface area contributed by atoms with Gasteiger partial charge in [0.15, 0.2) is 17.3 Å². The minimum absolute atomic E-state index is 0.0457. The monoisotopic (exact) mass is 320 g/mol. The van der Waals surface area contributed by atoms with Crippen LogP contribution in [0.3, 0.4) is 0 Å². The molecule has 0 aliphatic heterocycles. The van der Waals surface area contributed by atoms with Crippen LogP contribution in [0.1, 0.15) is 29.9 Å². The quantitative estimate of drug-likeness (QED) is 0.759. The summed E-state index contributed by atoms with van der Waals surface area (Å²) in [5.74, 6) is -1.40. The van der Waals surface area contributed by atoms with Crippen molar-refractivity contribution < 1.29 is 13.9 Å². The molecule has 0 aliphatic carbocycles. The Morgan fingerprint density at radius 1 is 1.41 bits per heavy atom. The van der Waals surface area contributed by atoms with E-state index in [0.717, 1.165) is 0 Å². The number of nitrogens with zero attached hydrogens (tertiary/aromatic N) is 2. The van der Waals surface area contributed by atoms with Crippen LogP contribution in [0.25, 0.3) is 6.08 Å². The second kappa shape index (κ2) is 6.66. The Balaban J connectivity index is 2.56. The van der Waals surface area contributed by atoms with Gasteiger partial charge in [0.2, 0.25) is 5.88 Å². The number of ether oxygens (including phenoxy) is 1. The number of halogens is 2. The number of aromatic nitrogens is 2. The molecule has 6 heteroatoms. The number of benzene rings is 1. The standard InChI is InChI=1S/C16H14ClFN2O2/c1-4-12-13(14(21)9(2)3)16(20-8-19-12)22-15-10(17)6-5-7-11(15)18/h4-9H,1H2,2-3H3. The van der Waals surface area contributed by atoms with Crippen LogP contribution in [-0.4, -0.2) is 15.8 Å². The summed E-state index contributed by atoms with van der Waals surface area (Å²) >= 11 is 5.93. The third-order valence-electron chi connectivity index (χ3n) is 2.92. The summed E-state index contributed by atoms with van der Waals surface area (Å²) in [6.45, 7) is 7.09. The predicted molar refractivity (Wildman–Crippen MR) is 82.8 cm³/mol. The first-order valence-electron chi connectivity index (χ1n) is 6.59. The van der Waals surface area contributed by atoms with Crippen molar-refractivity contribution in [3.8, 4) is 11.6 Å². The fourth-order valence-corrected chi connectivity index (χ4v) is 2.01. The Morgan fingerprint density at radius 3 is 2.73 bits per heavy atom. The van der Waals surface area contributed by atoms with E-state index in [4.69, 9.17) is 16.3 Å². The zero-order valence-electron chi connectivity index (χ0n) is 12.1. The molecule has 0 spiro atoms. The van der Waals surface area contributed by atoms with Gasteiger partial charge in [-0.1, -0.05) is 38.1 Å². The molecular weight excluding hydrogens is 307 g/mol. The highest BCUT2D eigenvalue weighted by molar-refractivity contribution is 6.32. The van der Waals surface area contributed by atoms with E-state index in [1.165, 1.54) is 30.6 Å². The van der Waals surface area contributed by atoms with Crippen LogP contribution in [0.5, 0.6) is 11.6 Å². The summed E-state index contributed by atoms with van der Waals surface area (Å²) in [7, 11) is 0. The zero-order chi connectivity index (χ0) is 16.3. The first kappa shape index (κ1) is 16.1. The summed E-state index contributed by atoms with van der Waals surface area (Å²) in [6.07, 6.45) is 2.64. The molecule has 4 nitrogen and oxygen atoms in total. The van der Waals surface area contributed by atoms with Crippen molar-refractivity contribution in [2.24, 2.45) is 5.92 Å². The normalized spacial score (nSPS) is 10.6. The fraction of sp³-hybridized carbons (Fsp3) is 0.188. The van der Waals surface area contributed by atoms with Gasteiger partial charge < -0.3 is 4.74 Å². The molecule has 0 atom stereocenters.